The van der Waals surface area contributed by atoms with E-state index >= 15 is 0 Å². The van der Waals surface area contributed by atoms with Crippen molar-refractivity contribution in [3.05, 3.63) is 36.5 Å². The molecule has 0 fully saturated rings. The number of aryl methyl sites for hydroxylation is 1. The summed E-state index contributed by atoms with van der Waals surface area (Å²) in [5.74, 6) is 1.15. The van der Waals surface area contributed by atoms with Crippen LogP contribution in [0.5, 0.6) is 0 Å². The molecule has 1 rings (SSSR count). The molecule has 0 saturated carbocycles. The molecule has 0 aliphatic carbocycles. The third kappa shape index (κ3) is 3.37. The van der Waals surface area contributed by atoms with Crippen molar-refractivity contribution in [2.24, 2.45) is 0 Å². The van der Waals surface area contributed by atoms with Crippen LogP contribution < -0.4 is 4.90 Å². The summed E-state index contributed by atoms with van der Waals surface area (Å²) in [5.41, 5.74) is 1.33. The first-order valence-electron chi connectivity index (χ1n) is 6.13. The van der Waals surface area contributed by atoms with Gasteiger partial charge in [-0.05, 0) is 30.9 Å². The Morgan fingerprint density at radius 3 is 2.81 bits per heavy atom. The molecule has 0 aliphatic heterocycles. The van der Waals surface area contributed by atoms with E-state index in [1.165, 1.54) is 5.56 Å². The van der Waals surface area contributed by atoms with Gasteiger partial charge in [-0.15, -0.1) is 6.58 Å². The second kappa shape index (κ2) is 7.04. The molecule has 0 amide bonds. The van der Waals surface area contributed by atoms with E-state index in [0.29, 0.717) is 0 Å². The maximum atomic E-state index is 4.51. The number of nitrogens with zero attached hydrogens (tertiary/aromatic N) is 2. The van der Waals surface area contributed by atoms with Crippen LogP contribution in [0.1, 0.15) is 32.3 Å². The maximum absolute atomic E-state index is 4.51. The van der Waals surface area contributed by atoms with Crippen molar-refractivity contribution in [2.45, 2.75) is 33.1 Å². The highest BCUT2D eigenvalue weighted by Gasteiger charge is 2.09. The molecule has 0 aliphatic rings. The van der Waals surface area contributed by atoms with Gasteiger partial charge in [0, 0.05) is 19.3 Å². The van der Waals surface area contributed by atoms with Gasteiger partial charge in [0.2, 0.25) is 0 Å². The van der Waals surface area contributed by atoms with E-state index in [1.807, 2.05) is 18.3 Å². The number of hydrogen-bond donors (Lipinski definition) is 0. The van der Waals surface area contributed by atoms with Crippen LogP contribution >= 0.6 is 0 Å². The molecule has 1 aromatic rings. The lowest BCUT2D eigenvalue weighted by atomic mass is 10.2. The first-order chi connectivity index (χ1) is 7.83. The topological polar surface area (TPSA) is 16.1 Å². The normalized spacial score (nSPS) is 10.1. The van der Waals surface area contributed by atoms with Crippen LogP contribution in [-0.4, -0.2) is 18.1 Å². The van der Waals surface area contributed by atoms with Gasteiger partial charge < -0.3 is 4.90 Å². The van der Waals surface area contributed by atoms with Crippen molar-refractivity contribution in [1.29, 1.82) is 0 Å². The standard InChI is InChI=1S/C14H22N2/c1-4-7-12-16(11-5-2)14-13(6-3)9-8-10-15-14/h4,8-10H,1,5-7,11-12H2,2-3H3. The molecule has 0 radical (unpaired) electrons. The zero-order valence-electron chi connectivity index (χ0n) is 10.4. The van der Waals surface area contributed by atoms with Crippen LogP contribution in [0.4, 0.5) is 5.82 Å². The van der Waals surface area contributed by atoms with Crippen LogP contribution in [0.2, 0.25) is 0 Å². The summed E-state index contributed by atoms with van der Waals surface area (Å²) in [5, 5.41) is 0. The Kier molecular flexibility index (Phi) is 5.62. The highest BCUT2D eigenvalue weighted by molar-refractivity contribution is 5.46. The minimum absolute atomic E-state index is 1.01. The van der Waals surface area contributed by atoms with E-state index in [0.717, 1.165) is 38.2 Å². The van der Waals surface area contributed by atoms with Crippen LogP contribution in [0, 0.1) is 0 Å². The van der Waals surface area contributed by atoms with Gasteiger partial charge in [0.15, 0.2) is 0 Å². The van der Waals surface area contributed by atoms with Crippen LogP contribution in [0.15, 0.2) is 31.0 Å². The van der Waals surface area contributed by atoms with Gasteiger partial charge in [0.1, 0.15) is 5.82 Å². The third-order valence-corrected chi connectivity index (χ3v) is 2.64. The van der Waals surface area contributed by atoms with E-state index in [4.69, 9.17) is 0 Å². The Labute approximate surface area is 99.0 Å². The molecule has 88 valence electrons. The smallest absolute Gasteiger partial charge is 0.131 e. The van der Waals surface area contributed by atoms with E-state index in [9.17, 15) is 0 Å². The lowest BCUT2D eigenvalue weighted by Gasteiger charge is -2.24. The lowest BCUT2D eigenvalue weighted by Crippen LogP contribution is -2.27. The van der Waals surface area contributed by atoms with Gasteiger partial charge in [-0.1, -0.05) is 26.0 Å². The molecular weight excluding hydrogens is 196 g/mol. The highest BCUT2D eigenvalue weighted by Crippen LogP contribution is 2.18. The van der Waals surface area contributed by atoms with Crippen LogP contribution in [-0.2, 0) is 6.42 Å². The van der Waals surface area contributed by atoms with Gasteiger partial charge in [-0.25, -0.2) is 4.98 Å². The van der Waals surface area contributed by atoms with Gasteiger partial charge >= 0.3 is 0 Å². The zero-order chi connectivity index (χ0) is 11.8. The van der Waals surface area contributed by atoms with Gasteiger partial charge in [0.05, 0.1) is 0 Å². The Morgan fingerprint density at radius 2 is 2.19 bits per heavy atom. The van der Waals surface area contributed by atoms with Crippen LogP contribution in [0.25, 0.3) is 0 Å². The molecule has 1 heterocycles. The average molecular weight is 218 g/mol. The summed E-state index contributed by atoms with van der Waals surface area (Å²) in [6, 6.07) is 4.18. The lowest BCUT2D eigenvalue weighted by molar-refractivity contribution is 0.747. The predicted octanol–water partition coefficient (Wildman–Crippen LogP) is 3.44. The van der Waals surface area contributed by atoms with Gasteiger partial charge in [0.25, 0.3) is 0 Å². The fraction of sp³-hybridized carbons (Fsp3) is 0.500. The first kappa shape index (κ1) is 12.8. The number of pyridine rings is 1. The summed E-state index contributed by atoms with van der Waals surface area (Å²) in [6.45, 7) is 10.2. The summed E-state index contributed by atoms with van der Waals surface area (Å²) < 4.78 is 0. The van der Waals surface area contributed by atoms with Crippen molar-refractivity contribution in [3.8, 4) is 0 Å². The van der Waals surface area contributed by atoms with E-state index in [-0.39, 0.29) is 0 Å². The molecule has 0 unspecified atom stereocenters. The summed E-state index contributed by atoms with van der Waals surface area (Å²) >= 11 is 0. The molecule has 0 saturated heterocycles. The average Bonchev–Trinajstić information content (AvgIpc) is 2.34. The second-order valence-electron chi connectivity index (χ2n) is 3.90. The van der Waals surface area contributed by atoms with Crippen molar-refractivity contribution in [1.82, 2.24) is 4.98 Å². The number of hydrogen-bond acceptors (Lipinski definition) is 2. The molecule has 0 aromatic carbocycles. The number of aromatic nitrogens is 1. The predicted molar refractivity (Wildman–Crippen MR) is 70.9 cm³/mol. The molecular formula is C14H22N2. The minimum atomic E-state index is 1.01. The van der Waals surface area contributed by atoms with E-state index < -0.39 is 0 Å². The SMILES string of the molecule is C=CCCN(CCC)c1ncccc1CC. The third-order valence-electron chi connectivity index (χ3n) is 2.64. The molecule has 2 nitrogen and oxygen atoms in total. The van der Waals surface area contributed by atoms with Crippen molar-refractivity contribution >= 4 is 5.82 Å². The quantitative estimate of drug-likeness (QED) is 0.652. The summed E-state index contributed by atoms with van der Waals surface area (Å²) in [6.07, 6.45) is 7.05. The number of anilines is 1. The number of rotatable bonds is 7. The van der Waals surface area contributed by atoms with Crippen LogP contribution in [0.3, 0.4) is 0 Å². The van der Waals surface area contributed by atoms with Crippen molar-refractivity contribution in [3.63, 3.8) is 0 Å². The molecule has 16 heavy (non-hydrogen) atoms. The van der Waals surface area contributed by atoms with E-state index in [2.05, 4.69) is 36.4 Å². The molecule has 0 N–H and O–H groups in total. The first-order valence-corrected chi connectivity index (χ1v) is 6.13. The minimum Gasteiger partial charge on any atom is -0.356 e. The molecule has 0 spiro atoms. The fourth-order valence-corrected chi connectivity index (χ4v) is 1.83. The zero-order valence-corrected chi connectivity index (χ0v) is 10.4. The Bertz CT molecular complexity index is 320. The monoisotopic (exact) mass is 218 g/mol. The van der Waals surface area contributed by atoms with E-state index in [1.54, 1.807) is 0 Å². The highest BCUT2D eigenvalue weighted by atomic mass is 15.2. The summed E-state index contributed by atoms with van der Waals surface area (Å²) in [4.78, 5) is 6.87. The summed E-state index contributed by atoms with van der Waals surface area (Å²) in [7, 11) is 0. The Balaban J connectivity index is 2.85. The second-order valence-corrected chi connectivity index (χ2v) is 3.90. The van der Waals surface area contributed by atoms with Gasteiger partial charge in [-0.3, -0.25) is 0 Å². The molecule has 0 bridgehead atoms. The maximum Gasteiger partial charge on any atom is 0.131 e. The fourth-order valence-electron chi connectivity index (χ4n) is 1.83. The Morgan fingerprint density at radius 1 is 1.38 bits per heavy atom. The Hall–Kier alpha value is -1.31. The molecule has 2 heteroatoms. The molecule has 1 aromatic heterocycles. The van der Waals surface area contributed by atoms with Crippen molar-refractivity contribution in [2.75, 3.05) is 18.0 Å². The van der Waals surface area contributed by atoms with Gasteiger partial charge in [-0.2, -0.15) is 0 Å². The molecule has 0 atom stereocenters. The van der Waals surface area contributed by atoms with Crippen molar-refractivity contribution < 1.29 is 0 Å². The largest absolute Gasteiger partial charge is 0.356 e.